The minimum Gasteiger partial charge on any atom is -0.497 e. The lowest BCUT2D eigenvalue weighted by Gasteiger charge is -2.03. The van der Waals surface area contributed by atoms with E-state index in [0.29, 0.717) is 6.54 Å². The van der Waals surface area contributed by atoms with E-state index in [1.807, 2.05) is 36.4 Å². The number of fused-ring (bicyclic) bond motifs is 3. The lowest BCUT2D eigenvalue weighted by Crippen LogP contribution is -2.02. The first kappa shape index (κ1) is 11.8. The zero-order valence-electron chi connectivity index (χ0n) is 10.7. The maximum atomic E-state index is 12.2. The van der Waals surface area contributed by atoms with Crippen molar-refractivity contribution in [2.24, 2.45) is 0 Å². The molecule has 3 aromatic rings. The fourth-order valence-electron chi connectivity index (χ4n) is 2.30. The third kappa shape index (κ3) is 2.10. The number of H-pyrrole nitrogens is 1. The van der Waals surface area contributed by atoms with Crippen LogP contribution in [0.5, 0.6) is 5.75 Å². The van der Waals surface area contributed by atoms with Gasteiger partial charge < -0.3 is 15.0 Å². The van der Waals surface area contributed by atoms with Crippen molar-refractivity contribution in [2.45, 2.75) is 0 Å². The average Bonchev–Trinajstić information content (AvgIpc) is 2.82. The molecule has 0 fully saturated rings. The second kappa shape index (κ2) is 4.80. The smallest absolute Gasteiger partial charge is 0.119 e. The van der Waals surface area contributed by atoms with Crippen LogP contribution < -0.4 is 10.1 Å². The second-order valence-electron chi connectivity index (χ2n) is 4.41. The zero-order chi connectivity index (χ0) is 13.2. The number of aromatic nitrogens is 1. The highest BCUT2D eigenvalue weighted by Gasteiger charge is 2.06. The van der Waals surface area contributed by atoms with Crippen molar-refractivity contribution in [2.75, 3.05) is 25.6 Å². The van der Waals surface area contributed by atoms with Gasteiger partial charge in [0.25, 0.3) is 0 Å². The van der Waals surface area contributed by atoms with Crippen molar-refractivity contribution < 1.29 is 9.13 Å². The summed E-state index contributed by atoms with van der Waals surface area (Å²) in [6.45, 7) is -0.0447. The highest BCUT2D eigenvalue weighted by atomic mass is 19.1. The van der Waals surface area contributed by atoms with Crippen LogP contribution in [0, 0.1) is 0 Å². The molecule has 98 valence electrons. The fraction of sp³-hybridized carbons (Fsp3) is 0.200. The van der Waals surface area contributed by atoms with Crippen LogP contribution in [0.1, 0.15) is 0 Å². The monoisotopic (exact) mass is 258 g/mol. The molecule has 3 nitrogen and oxygen atoms in total. The normalized spacial score (nSPS) is 11.1. The van der Waals surface area contributed by atoms with E-state index >= 15 is 0 Å². The molecule has 19 heavy (non-hydrogen) atoms. The minimum absolute atomic E-state index is 0.331. The van der Waals surface area contributed by atoms with E-state index in [1.54, 1.807) is 7.11 Å². The molecule has 1 heterocycles. The number of ether oxygens (including phenoxy) is 1. The summed E-state index contributed by atoms with van der Waals surface area (Å²) in [7, 11) is 1.66. The molecule has 0 radical (unpaired) electrons. The standard InChI is InChI=1S/C15H15FN2O/c1-19-11-3-5-15-13(9-11)12-8-10(17-7-6-16)2-4-14(12)18-15/h2-5,8-9,17-18H,6-7H2,1H3. The van der Waals surface area contributed by atoms with E-state index in [4.69, 9.17) is 4.74 Å². The molecule has 0 unspecified atom stereocenters. The molecule has 0 atom stereocenters. The first-order chi connectivity index (χ1) is 9.31. The maximum Gasteiger partial charge on any atom is 0.119 e. The average molecular weight is 258 g/mol. The van der Waals surface area contributed by atoms with Gasteiger partial charge in [0, 0.05) is 34.0 Å². The van der Waals surface area contributed by atoms with Gasteiger partial charge in [-0.3, -0.25) is 0 Å². The number of aromatic amines is 1. The molecule has 4 heteroatoms. The number of alkyl halides is 1. The Bertz CT molecular complexity index is 721. The predicted molar refractivity (Wildman–Crippen MR) is 76.8 cm³/mol. The van der Waals surface area contributed by atoms with Crippen LogP contribution in [0.4, 0.5) is 10.1 Å². The molecule has 0 aliphatic rings. The first-order valence-electron chi connectivity index (χ1n) is 6.21. The van der Waals surface area contributed by atoms with Crippen LogP contribution in [0.25, 0.3) is 21.8 Å². The van der Waals surface area contributed by atoms with E-state index < -0.39 is 0 Å². The number of rotatable bonds is 4. The van der Waals surface area contributed by atoms with Gasteiger partial charge in [0.2, 0.25) is 0 Å². The Labute approximate surface area is 110 Å². The number of anilines is 1. The summed E-state index contributed by atoms with van der Waals surface area (Å²) >= 11 is 0. The SMILES string of the molecule is COc1ccc2[nH]c3ccc(NCCF)cc3c2c1. The van der Waals surface area contributed by atoms with E-state index in [2.05, 4.69) is 10.3 Å². The molecule has 0 aliphatic carbocycles. The Morgan fingerprint density at radius 3 is 2.58 bits per heavy atom. The van der Waals surface area contributed by atoms with Gasteiger partial charge in [0.1, 0.15) is 12.4 Å². The topological polar surface area (TPSA) is 37.0 Å². The van der Waals surface area contributed by atoms with Crippen molar-refractivity contribution in [1.82, 2.24) is 4.98 Å². The van der Waals surface area contributed by atoms with Gasteiger partial charge in [-0.25, -0.2) is 4.39 Å². The molecule has 0 amide bonds. The largest absolute Gasteiger partial charge is 0.497 e. The number of hydrogen-bond donors (Lipinski definition) is 2. The molecular formula is C15H15FN2O. The Balaban J connectivity index is 2.15. The van der Waals surface area contributed by atoms with Crippen molar-refractivity contribution >= 4 is 27.5 Å². The third-order valence-electron chi connectivity index (χ3n) is 3.23. The van der Waals surface area contributed by atoms with E-state index in [0.717, 1.165) is 33.2 Å². The molecule has 3 rings (SSSR count). The molecule has 2 aromatic carbocycles. The molecule has 0 saturated heterocycles. The Morgan fingerprint density at radius 1 is 1.11 bits per heavy atom. The highest BCUT2D eigenvalue weighted by molar-refractivity contribution is 6.08. The summed E-state index contributed by atoms with van der Waals surface area (Å²) in [6, 6.07) is 11.9. The van der Waals surface area contributed by atoms with E-state index in [1.165, 1.54) is 0 Å². The van der Waals surface area contributed by atoms with Gasteiger partial charge in [-0.2, -0.15) is 0 Å². The van der Waals surface area contributed by atoms with Crippen molar-refractivity contribution in [1.29, 1.82) is 0 Å². The van der Waals surface area contributed by atoms with Crippen LogP contribution in [0.3, 0.4) is 0 Å². The quantitative estimate of drug-likeness (QED) is 0.748. The van der Waals surface area contributed by atoms with Gasteiger partial charge in [0.05, 0.1) is 7.11 Å². The summed E-state index contributed by atoms with van der Waals surface area (Å²) in [5.74, 6) is 0.829. The molecule has 1 aromatic heterocycles. The second-order valence-corrected chi connectivity index (χ2v) is 4.41. The minimum atomic E-state index is -0.375. The highest BCUT2D eigenvalue weighted by Crippen LogP contribution is 2.30. The van der Waals surface area contributed by atoms with E-state index in [-0.39, 0.29) is 6.67 Å². The lowest BCUT2D eigenvalue weighted by atomic mass is 10.1. The summed E-state index contributed by atoms with van der Waals surface area (Å²) in [4.78, 5) is 3.36. The number of hydrogen-bond acceptors (Lipinski definition) is 2. The van der Waals surface area contributed by atoms with Gasteiger partial charge in [0.15, 0.2) is 0 Å². The summed E-state index contributed by atoms with van der Waals surface area (Å²) in [5.41, 5.74) is 3.06. The van der Waals surface area contributed by atoms with Gasteiger partial charge in [-0.15, -0.1) is 0 Å². The Kier molecular flexibility index (Phi) is 2.99. The third-order valence-corrected chi connectivity index (χ3v) is 3.23. The molecule has 2 N–H and O–H groups in total. The number of nitrogens with one attached hydrogen (secondary N) is 2. The number of halogens is 1. The predicted octanol–water partition coefficient (Wildman–Crippen LogP) is 3.71. The van der Waals surface area contributed by atoms with Gasteiger partial charge >= 0.3 is 0 Å². The molecule has 0 aliphatic heterocycles. The maximum absolute atomic E-state index is 12.2. The lowest BCUT2D eigenvalue weighted by molar-refractivity contribution is 0.415. The first-order valence-corrected chi connectivity index (χ1v) is 6.21. The zero-order valence-corrected chi connectivity index (χ0v) is 10.7. The van der Waals surface area contributed by atoms with Crippen molar-refractivity contribution in [3.05, 3.63) is 36.4 Å². The van der Waals surface area contributed by atoms with Crippen LogP contribution in [0.15, 0.2) is 36.4 Å². The Morgan fingerprint density at radius 2 is 1.84 bits per heavy atom. The van der Waals surface area contributed by atoms with Crippen LogP contribution in [0.2, 0.25) is 0 Å². The fourth-order valence-corrected chi connectivity index (χ4v) is 2.30. The van der Waals surface area contributed by atoms with E-state index in [9.17, 15) is 4.39 Å². The number of methoxy groups -OCH3 is 1. The summed E-state index contributed by atoms with van der Waals surface area (Å²) in [6.07, 6.45) is 0. The van der Waals surface area contributed by atoms with Crippen molar-refractivity contribution in [3.8, 4) is 5.75 Å². The van der Waals surface area contributed by atoms with Crippen LogP contribution in [-0.4, -0.2) is 25.3 Å². The van der Waals surface area contributed by atoms with Crippen molar-refractivity contribution in [3.63, 3.8) is 0 Å². The van der Waals surface area contributed by atoms with Gasteiger partial charge in [-0.1, -0.05) is 0 Å². The number of benzene rings is 2. The van der Waals surface area contributed by atoms with Crippen LogP contribution >= 0.6 is 0 Å². The molecule has 0 spiro atoms. The summed E-state index contributed by atoms with van der Waals surface area (Å²) in [5, 5.41) is 5.27. The Hall–Kier alpha value is -2.23. The molecule has 0 bridgehead atoms. The molecule has 0 saturated carbocycles. The van der Waals surface area contributed by atoms with Gasteiger partial charge in [-0.05, 0) is 36.4 Å². The summed E-state index contributed by atoms with van der Waals surface area (Å²) < 4.78 is 17.5. The molecular weight excluding hydrogens is 243 g/mol. The van der Waals surface area contributed by atoms with Crippen LogP contribution in [-0.2, 0) is 0 Å².